The molecular formula is C11H11NO5. The van der Waals surface area contributed by atoms with Crippen LogP contribution in [-0.4, -0.2) is 11.9 Å². The number of carbonyl (C=O) groups excluding carboxylic acids is 2. The zero-order valence-electron chi connectivity index (χ0n) is 9.48. The van der Waals surface area contributed by atoms with Crippen LogP contribution in [0.2, 0.25) is 0 Å². The molecule has 17 heavy (non-hydrogen) atoms. The third-order valence-corrected chi connectivity index (χ3v) is 1.93. The number of esters is 2. The minimum atomic E-state index is -0.464. The lowest BCUT2D eigenvalue weighted by molar-refractivity contribution is -0.143. The predicted octanol–water partition coefficient (Wildman–Crippen LogP) is 1.28. The summed E-state index contributed by atoms with van der Waals surface area (Å²) in [5.41, 5.74) is 0.932. The highest BCUT2D eigenvalue weighted by Gasteiger charge is 2.15. The van der Waals surface area contributed by atoms with Crippen LogP contribution in [0.3, 0.4) is 0 Å². The van der Waals surface area contributed by atoms with Gasteiger partial charge in [-0.25, -0.2) is 0 Å². The first-order valence-electron chi connectivity index (χ1n) is 4.80. The van der Waals surface area contributed by atoms with Crippen molar-refractivity contribution < 1.29 is 23.5 Å². The number of hydrogen-bond donors (Lipinski definition) is 0. The van der Waals surface area contributed by atoms with E-state index in [0.717, 1.165) is 0 Å². The van der Waals surface area contributed by atoms with E-state index in [1.54, 1.807) is 0 Å². The summed E-state index contributed by atoms with van der Waals surface area (Å²) in [6.07, 6.45) is 1.31. The molecule has 6 nitrogen and oxygen atoms in total. The van der Waals surface area contributed by atoms with Gasteiger partial charge in [-0.15, -0.1) is 0 Å². The van der Waals surface area contributed by atoms with E-state index in [1.165, 1.54) is 20.1 Å². The summed E-state index contributed by atoms with van der Waals surface area (Å²) in [7, 11) is 0. The standard InChI is InChI=1S/C11H11NO5/c1-7(13)15-4-9-5-17-11(3-12)10(9)6-16-8(2)14/h5H,4,6H2,1-2H3. The molecule has 0 aliphatic heterocycles. The van der Waals surface area contributed by atoms with Crippen molar-refractivity contribution >= 4 is 11.9 Å². The van der Waals surface area contributed by atoms with E-state index in [0.29, 0.717) is 11.1 Å². The first-order valence-corrected chi connectivity index (χ1v) is 4.80. The van der Waals surface area contributed by atoms with Gasteiger partial charge in [0.1, 0.15) is 19.3 Å². The van der Waals surface area contributed by atoms with Crippen molar-refractivity contribution in [2.24, 2.45) is 0 Å². The largest absolute Gasteiger partial charge is 0.461 e. The molecule has 0 aromatic carbocycles. The van der Waals surface area contributed by atoms with E-state index >= 15 is 0 Å². The Hall–Kier alpha value is -2.29. The smallest absolute Gasteiger partial charge is 0.302 e. The third-order valence-electron chi connectivity index (χ3n) is 1.93. The number of ether oxygens (including phenoxy) is 2. The first kappa shape index (κ1) is 12.8. The molecule has 1 rings (SSSR count). The van der Waals surface area contributed by atoms with Gasteiger partial charge in [0.05, 0.1) is 11.8 Å². The average molecular weight is 237 g/mol. The maximum absolute atomic E-state index is 10.7. The number of hydrogen-bond acceptors (Lipinski definition) is 6. The molecule has 0 spiro atoms. The monoisotopic (exact) mass is 237 g/mol. The highest BCUT2D eigenvalue weighted by atomic mass is 16.5. The lowest BCUT2D eigenvalue weighted by Gasteiger charge is -2.04. The topological polar surface area (TPSA) is 89.5 Å². The highest BCUT2D eigenvalue weighted by Crippen LogP contribution is 2.19. The Bertz CT molecular complexity index is 469. The first-order chi connectivity index (χ1) is 8.04. The fourth-order valence-corrected chi connectivity index (χ4v) is 1.14. The molecule has 0 bridgehead atoms. The van der Waals surface area contributed by atoms with Crippen molar-refractivity contribution in [3.63, 3.8) is 0 Å². The van der Waals surface area contributed by atoms with Crippen LogP contribution in [0.4, 0.5) is 0 Å². The molecule has 0 aliphatic rings. The molecule has 0 radical (unpaired) electrons. The van der Waals surface area contributed by atoms with Gasteiger partial charge in [-0.2, -0.15) is 5.26 Å². The fourth-order valence-electron chi connectivity index (χ4n) is 1.14. The average Bonchev–Trinajstić information content (AvgIpc) is 2.65. The van der Waals surface area contributed by atoms with Gasteiger partial charge in [0.15, 0.2) is 0 Å². The van der Waals surface area contributed by atoms with E-state index in [9.17, 15) is 9.59 Å². The molecule has 0 amide bonds. The van der Waals surface area contributed by atoms with Crippen LogP contribution in [0, 0.1) is 11.3 Å². The van der Waals surface area contributed by atoms with Crippen molar-refractivity contribution in [2.45, 2.75) is 27.1 Å². The summed E-state index contributed by atoms with van der Waals surface area (Å²) in [5.74, 6) is -0.856. The second kappa shape index (κ2) is 5.70. The van der Waals surface area contributed by atoms with E-state index in [-0.39, 0.29) is 19.0 Å². The van der Waals surface area contributed by atoms with E-state index in [2.05, 4.69) is 0 Å². The number of nitriles is 1. The summed E-state index contributed by atoms with van der Waals surface area (Å²) < 4.78 is 14.5. The van der Waals surface area contributed by atoms with Crippen LogP contribution >= 0.6 is 0 Å². The SMILES string of the molecule is CC(=O)OCc1coc(C#N)c1COC(C)=O. The molecule has 0 unspecified atom stereocenters. The van der Waals surface area contributed by atoms with Gasteiger partial charge in [0.25, 0.3) is 0 Å². The Morgan fingerprint density at radius 3 is 2.41 bits per heavy atom. The molecular weight excluding hydrogens is 226 g/mol. The summed E-state index contributed by atoms with van der Waals surface area (Å²) in [4.78, 5) is 21.4. The number of rotatable bonds is 4. The zero-order valence-corrected chi connectivity index (χ0v) is 9.48. The van der Waals surface area contributed by atoms with Crippen LogP contribution in [0.25, 0.3) is 0 Å². The van der Waals surface area contributed by atoms with Crippen molar-refractivity contribution in [2.75, 3.05) is 0 Å². The number of nitrogens with zero attached hydrogens (tertiary/aromatic N) is 1. The van der Waals surface area contributed by atoms with E-state index < -0.39 is 11.9 Å². The van der Waals surface area contributed by atoms with E-state index in [1.807, 2.05) is 6.07 Å². The van der Waals surface area contributed by atoms with Crippen molar-refractivity contribution in [1.82, 2.24) is 0 Å². The van der Waals surface area contributed by atoms with Crippen LogP contribution in [0.1, 0.15) is 30.7 Å². The van der Waals surface area contributed by atoms with Crippen LogP contribution in [0.15, 0.2) is 10.7 Å². The van der Waals surface area contributed by atoms with Gasteiger partial charge in [-0.3, -0.25) is 9.59 Å². The summed E-state index contributed by atoms with van der Waals surface area (Å²) in [5, 5.41) is 8.78. The van der Waals surface area contributed by atoms with Gasteiger partial charge < -0.3 is 13.9 Å². The summed E-state index contributed by atoms with van der Waals surface area (Å²) in [6.45, 7) is 2.44. The van der Waals surface area contributed by atoms with Crippen LogP contribution in [0.5, 0.6) is 0 Å². The third kappa shape index (κ3) is 3.65. The highest BCUT2D eigenvalue weighted by molar-refractivity contribution is 5.66. The number of furan rings is 1. The quantitative estimate of drug-likeness (QED) is 0.732. The molecule has 1 aromatic heterocycles. The second-order valence-corrected chi connectivity index (χ2v) is 3.24. The molecule has 6 heteroatoms. The van der Waals surface area contributed by atoms with Crippen molar-refractivity contribution in [3.05, 3.63) is 23.2 Å². The maximum Gasteiger partial charge on any atom is 0.302 e. The van der Waals surface area contributed by atoms with Gasteiger partial charge in [-0.05, 0) is 0 Å². The normalized spacial score (nSPS) is 9.47. The van der Waals surface area contributed by atoms with Crippen LogP contribution in [-0.2, 0) is 32.3 Å². The Morgan fingerprint density at radius 1 is 1.29 bits per heavy atom. The van der Waals surface area contributed by atoms with Gasteiger partial charge >= 0.3 is 11.9 Å². The molecule has 0 atom stereocenters. The molecule has 1 heterocycles. The summed E-state index contributed by atoms with van der Waals surface area (Å²) in [6, 6.07) is 1.83. The fraction of sp³-hybridized carbons (Fsp3) is 0.364. The molecule has 0 saturated heterocycles. The van der Waals surface area contributed by atoms with Gasteiger partial charge in [-0.1, -0.05) is 0 Å². The van der Waals surface area contributed by atoms with Crippen LogP contribution < -0.4 is 0 Å². The lowest BCUT2D eigenvalue weighted by atomic mass is 10.2. The molecule has 0 N–H and O–H groups in total. The Labute approximate surface area is 97.7 Å². The minimum Gasteiger partial charge on any atom is -0.461 e. The van der Waals surface area contributed by atoms with Crippen molar-refractivity contribution in [3.8, 4) is 6.07 Å². The Balaban J connectivity index is 2.82. The Kier molecular flexibility index (Phi) is 4.29. The Morgan fingerprint density at radius 2 is 1.88 bits per heavy atom. The van der Waals surface area contributed by atoms with Gasteiger partial charge in [0, 0.05) is 19.4 Å². The summed E-state index contributed by atoms with van der Waals surface area (Å²) >= 11 is 0. The van der Waals surface area contributed by atoms with Crippen molar-refractivity contribution in [1.29, 1.82) is 5.26 Å². The molecule has 0 saturated carbocycles. The molecule has 0 fully saturated rings. The predicted molar refractivity (Wildman–Crippen MR) is 54.4 cm³/mol. The second-order valence-electron chi connectivity index (χ2n) is 3.24. The molecule has 90 valence electrons. The van der Waals surface area contributed by atoms with Gasteiger partial charge in [0.2, 0.25) is 5.76 Å². The minimum absolute atomic E-state index is 0.0168. The maximum atomic E-state index is 10.7. The number of carbonyl (C=O) groups is 2. The molecule has 0 aliphatic carbocycles. The molecule has 1 aromatic rings. The lowest BCUT2D eigenvalue weighted by Crippen LogP contribution is -2.04. The van der Waals surface area contributed by atoms with E-state index in [4.69, 9.17) is 19.2 Å². The zero-order chi connectivity index (χ0) is 12.8.